The molecule has 0 aromatic heterocycles. The molecule has 2 nitrogen and oxygen atoms in total. The first-order valence-corrected chi connectivity index (χ1v) is 6.54. The van der Waals surface area contributed by atoms with Gasteiger partial charge in [0.15, 0.2) is 0 Å². The molecule has 0 aliphatic heterocycles. The van der Waals surface area contributed by atoms with Gasteiger partial charge in [-0.3, -0.25) is 0 Å². The molecule has 0 saturated heterocycles. The van der Waals surface area contributed by atoms with Crippen molar-refractivity contribution in [1.29, 1.82) is 0 Å². The largest absolute Gasteiger partial charge is 0.329 e. The molecule has 0 heterocycles. The molecule has 1 aromatic rings. The Morgan fingerprint density at radius 3 is 2.65 bits per heavy atom. The summed E-state index contributed by atoms with van der Waals surface area (Å²) >= 11 is 0. The second kappa shape index (κ2) is 5.99. The van der Waals surface area contributed by atoms with Gasteiger partial charge in [-0.05, 0) is 30.4 Å². The van der Waals surface area contributed by atoms with Gasteiger partial charge < -0.3 is 11.1 Å². The lowest BCUT2D eigenvalue weighted by atomic mass is 9.97. The molecule has 0 spiro atoms. The van der Waals surface area contributed by atoms with Crippen molar-refractivity contribution in [1.82, 2.24) is 5.32 Å². The summed E-state index contributed by atoms with van der Waals surface area (Å²) < 4.78 is 0. The maximum absolute atomic E-state index is 5.92. The Balaban J connectivity index is 2.10. The molecule has 0 fully saturated rings. The van der Waals surface area contributed by atoms with E-state index < -0.39 is 0 Å². The summed E-state index contributed by atoms with van der Waals surface area (Å²) in [4.78, 5) is 0. The van der Waals surface area contributed by atoms with Crippen molar-refractivity contribution in [2.75, 3.05) is 6.54 Å². The molecule has 0 radical (unpaired) electrons. The molecule has 1 aliphatic carbocycles. The van der Waals surface area contributed by atoms with Crippen molar-refractivity contribution in [2.24, 2.45) is 5.73 Å². The van der Waals surface area contributed by atoms with E-state index in [1.54, 1.807) is 0 Å². The zero-order chi connectivity index (χ0) is 12.1. The Labute approximate surface area is 104 Å². The van der Waals surface area contributed by atoms with E-state index in [1.165, 1.54) is 11.1 Å². The molecule has 92 valence electrons. The van der Waals surface area contributed by atoms with Gasteiger partial charge >= 0.3 is 0 Å². The summed E-state index contributed by atoms with van der Waals surface area (Å²) in [5.41, 5.74) is 8.69. The molecule has 1 aliphatic rings. The fourth-order valence-corrected chi connectivity index (χ4v) is 2.52. The van der Waals surface area contributed by atoms with Gasteiger partial charge in [-0.15, -0.1) is 0 Å². The van der Waals surface area contributed by atoms with Gasteiger partial charge in [-0.25, -0.2) is 0 Å². The molecule has 1 atom stereocenters. The third-order valence-electron chi connectivity index (χ3n) is 3.49. The fraction of sp³-hybridized carbons (Fsp3) is 0.467. The number of nitrogens with one attached hydrogen (secondary N) is 1. The molecule has 1 aromatic carbocycles. The summed E-state index contributed by atoms with van der Waals surface area (Å²) in [6.07, 6.45) is 7.82. The van der Waals surface area contributed by atoms with Crippen molar-refractivity contribution < 1.29 is 0 Å². The quantitative estimate of drug-likeness (QED) is 0.763. The number of aryl methyl sites for hydroxylation is 1. The summed E-state index contributed by atoms with van der Waals surface area (Å²) in [6, 6.07) is 9.46. The Morgan fingerprint density at radius 2 is 2.00 bits per heavy atom. The summed E-state index contributed by atoms with van der Waals surface area (Å²) in [7, 11) is 0. The van der Waals surface area contributed by atoms with Gasteiger partial charge in [0, 0.05) is 18.6 Å². The summed E-state index contributed by atoms with van der Waals surface area (Å²) in [5.74, 6) is 0. The first kappa shape index (κ1) is 12.3. The Hall–Kier alpha value is -1.12. The predicted molar refractivity (Wildman–Crippen MR) is 72.9 cm³/mol. The maximum Gasteiger partial charge on any atom is 0.0449 e. The smallest absolute Gasteiger partial charge is 0.0449 e. The highest BCUT2D eigenvalue weighted by Gasteiger charge is 2.18. The van der Waals surface area contributed by atoms with Crippen molar-refractivity contribution in [3.8, 4) is 0 Å². The highest BCUT2D eigenvalue weighted by atomic mass is 15.0. The molecule has 1 unspecified atom stereocenters. The van der Waals surface area contributed by atoms with Gasteiger partial charge in [0.2, 0.25) is 0 Å². The van der Waals surface area contributed by atoms with Crippen molar-refractivity contribution >= 4 is 0 Å². The van der Waals surface area contributed by atoms with Gasteiger partial charge in [-0.2, -0.15) is 0 Å². The molecular weight excluding hydrogens is 208 g/mol. The van der Waals surface area contributed by atoms with Gasteiger partial charge in [0.05, 0.1) is 0 Å². The number of nitrogens with two attached hydrogens (primary N) is 1. The van der Waals surface area contributed by atoms with Crippen LogP contribution in [0.1, 0.15) is 36.9 Å². The lowest BCUT2D eigenvalue weighted by Gasteiger charge is -2.24. The second-order valence-corrected chi connectivity index (χ2v) is 4.65. The lowest BCUT2D eigenvalue weighted by molar-refractivity contribution is 0.451. The first-order valence-electron chi connectivity index (χ1n) is 6.54. The molecule has 3 N–H and O–H groups in total. The van der Waals surface area contributed by atoms with E-state index in [9.17, 15) is 0 Å². The van der Waals surface area contributed by atoms with E-state index in [1.807, 2.05) is 0 Å². The third kappa shape index (κ3) is 2.96. The Morgan fingerprint density at radius 1 is 1.29 bits per heavy atom. The topological polar surface area (TPSA) is 38.0 Å². The van der Waals surface area contributed by atoms with Crippen LogP contribution in [0, 0.1) is 0 Å². The minimum atomic E-state index is 0.288. The van der Waals surface area contributed by atoms with Crippen LogP contribution >= 0.6 is 0 Å². The Kier molecular flexibility index (Phi) is 4.35. The number of benzene rings is 1. The monoisotopic (exact) mass is 230 g/mol. The molecule has 0 bridgehead atoms. The fourth-order valence-electron chi connectivity index (χ4n) is 2.52. The average molecular weight is 230 g/mol. The highest BCUT2D eigenvalue weighted by molar-refractivity contribution is 5.30. The van der Waals surface area contributed by atoms with Crippen molar-refractivity contribution in [3.63, 3.8) is 0 Å². The van der Waals surface area contributed by atoms with E-state index in [2.05, 4.69) is 48.7 Å². The maximum atomic E-state index is 5.92. The van der Waals surface area contributed by atoms with Crippen molar-refractivity contribution in [3.05, 3.63) is 47.5 Å². The van der Waals surface area contributed by atoms with Crippen LogP contribution in [-0.4, -0.2) is 12.6 Å². The van der Waals surface area contributed by atoms with Gasteiger partial charge in [0.25, 0.3) is 0 Å². The molecule has 2 rings (SSSR count). The number of hydrogen-bond acceptors (Lipinski definition) is 2. The first-order chi connectivity index (χ1) is 8.35. The van der Waals surface area contributed by atoms with Gasteiger partial charge in [-0.1, -0.05) is 43.3 Å². The normalized spacial score (nSPS) is 17.5. The van der Waals surface area contributed by atoms with Gasteiger partial charge in [0.1, 0.15) is 0 Å². The number of hydrogen-bond donors (Lipinski definition) is 2. The average Bonchev–Trinajstić information content (AvgIpc) is 2.89. The van der Waals surface area contributed by atoms with Crippen LogP contribution in [0.25, 0.3) is 0 Å². The van der Waals surface area contributed by atoms with Crippen LogP contribution in [0.15, 0.2) is 36.4 Å². The van der Waals surface area contributed by atoms with Crippen LogP contribution in [0.4, 0.5) is 0 Å². The minimum Gasteiger partial charge on any atom is -0.329 e. The predicted octanol–water partition coefficient (Wildman–Crippen LogP) is 2.56. The van der Waals surface area contributed by atoms with E-state index in [0.29, 0.717) is 12.6 Å². The van der Waals surface area contributed by atoms with E-state index >= 15 is 0 Å². The third-order valence-corrected chi connectivity index (χ3v) is 3.49. The number of rotatable bonds is 5. The summed E-state index contributed by atoms with van der Waals surface area (Å²) in [6.45, 7) is 2.86. The van der Waals surface area contributed by atoms with E-state index in [-0.39, 0.29) is 6.04 Å². The van der Waals surface area contributed by atoms with Crippen LogP contribution in [0.5, 0.6) is 0 Å². The van der Waals surface area contributed by atoms with E-state index in [0.717, 1.165) is 19.3 Å². The Bertz CT molecular complexity index is 376. The molecule has 17 heavy (non-hydrogen) atoms. The zero-order valence-electron chi connectivity index (χ0n) is 10.5. The van der Waals surface area contributed by atoms with Crippen LogP contribution < -0.4 is 11.1 Å². The molecule has 2 heteroatoms. The van der Waals surface area contributed by atoms with Crippen LogP contribution in [0.2, 0.25) is 0 Å². The highest BCUT2D eigenvalue weighted by Crippen LogP contribution is 2.21. The standard InChI is InChI=1S/C15H22N2/c1-2-12-7-3-6-10-14(12)15(11-16)17-13-8-4-5-9-13/h3-7,10,13,15,17H,2,8-9,11,16H2,1H3. The van der Waals surface area contributed by atoms with Crippen LogP contribution in [0.3, 0.4) is 0 Å². The molecular formula is C15H22N2. The molecule has 0 amide bonds. The van der Waals surface area contributed by atoms with Crippen LogP contribution in [-0.2, 0) is 6.42 Å². The van der Waals surface area contributed by atoms with E-state index in [4.69, 9.17) is 5.73 Å². The summed E-state index contributed by atoms with van der Waals surface area (Å²) in [5, 5.41) is 3.67. The molecule has 0 saturated carbocycles. The SMILES string of the molecule is CCc1ccccc1C(CN)NC1CC=CC1. The second-order valence-electron chi connectivity index (χ2n) is 4.65. The van der Waals surface area contributed by atoms with Crippen molar-refractivity contribution in [2.45, 2.75) is 38.3 Å². The zero-order valence-corrected chi connectivity index (χ0v) is 10.5. The minimum absolute atomic E-state index is 0.288. The lowest BCUT2D eigenvalue weighted by Crippen LogP contribution is -2.35.